The molecule has 2 amide bonds. The van der Waals surface area contributed by atoms with Gasteiger partial charge in [0, 0.05) is 30.2 Å². The fraction of sp³-hybridized carbons (Fsp3) is 0.222. The van der Waals surface area contributed by atoms with Crippen LogP contribution in [0.4, 0.5) is 11.4 Å². The van der Waals surface area contributed by atoms with Crippen molar-refractivity contribution in [2.24, 2.45) is 11.8 Å². The Hall–Kier alpha value is -4.57. The van der Waals surface area contributed by atoms with Crippen molar-refractivity contribution in [2.45, 2.75) is 24.9 Å². The van der Waals surface area contributed by atoms with Crippen molar-refractivity contribution in [3.63, 3.8) is 0 Å². The molecular formula is C27H23N3O7. The van der Waals surface area contributed by atoms with Gasteiger partial charge in [0.2, 0.25) is 11.8 Å². The number of hydrogen-bond donors (Lipinski definition) is 3. The van der Waals surface area contributed by atoms with Gasteiger partial charge in [0.05, 0.1) is 22.4 Å². The predicted molar refractivity (Wildman–Crippen MR) is 132 cm³/mol. The Kier molecular flexibility index (Phi) is 5.76. The number of nitrogens with zero attached hydrogens (tertiary/aromatic N) is 2. The molecule has 2 saturated heterocycles. The van der Waals surface area contributed by atoms with Gasteiger partial charge in [0.25, 0.3) is 5.69 Å². The molecule has 10 heteroatoms. The second-order valence-corrected chi connectivity index (χ2v) is 9.36. The summed E-state index contributed by atoms with van der Waals surface area (Å²) < 4.78 is 0. The molecule has 0 aliphatic carbocycles. The van der Waals surface area contributed by atoms with Gasteiger partial charge >= 0.3 is 5.97 Å². The number of aryl methyl sites for hydroxylation is 1. The predicted octanol–water partition coefficient (Wildman–Crippen LogP) is 3.13. The van der Waals surface area contributed by atoms with Gasteiger partial charge < -0.3 is 10.2 Å². The Morgan fingerprint density at radius 2 is 1.68 bits per heavy atom. The van der Waals surface area contributed by atoms with E-state index < -0.39 is 46.1 Å². The van der Waals surface area contributed by atoms with E-state index in [1.807, 2.05) is 0 Å². The highest BCUT2D eigenvalue weighted by molar-refractivity contribution is 6.24. The number of aromatic hydroxyl groups is 1. The molecular weight excluding hydrogens is 478 g/mol. The van der Waals surface area contributed by atoms with Crippen LogP contribution in [-0.4, -0.2) is 38.5 Å². The first-order valence-electron chi connectivity index (χ1n) is 11.6. The fourth-order valence-electron chi connectivity index (χ4n) is 5.56. The lowest BCUT2D eigenvalue weighted by molar-refractivity contribution is -0.384. The monoisotopic (exact) mass is 501 g/mol. The number of rotatable bonds is 6. The highest BCUT2D eigenvalue weighted by atomic mass is 16.6. The number of imide groups is 1. The van der Waals surface area contributed by atoms with Crippen LogP contribution in [0.2, 0.25) is 0 Å². The maximum atomic E-state index is 13.9. The number of carboxylic acid groups (broad SMARTS) is 1. The van der Waals surface area contributed by atoms with Crippen LogP contribution in [0.3, 0.4) is 0 Å². The quantitative estimate of drug-likeness (QED) is 0.265. The molecule has 10 nitrogen and oxygen atoms in total. The minimum atomic E-state index is -1.92. The maximum Gasteiger partial charge on any atom is 0.325 e. The third kappa shape index (κ3) is 3.73. The van der Waals surface area contributed by atoms with Crippen molar-refractivity contribution in [3.8, 4) is 5.75 Å². The van der Waals surface area contributed by atoms with Crippen molar-refractivity contribution < 1.29 is 29.5 Å². The number of nitro benzene ring substituents is 1. The van der Waals surface area contributed by atoms with E-state index in [2.05, 4.69) is 5.32 Å². The summed E-state index contributed by atoms with van der Waals surface area (Å²) in [5.74, 6) is -5.08. The number of anilines is 1. The molecule has 2 aliphatic heterocycles. The smallest absolute Gasteiger partial charge is 0.325 e. The van der Waals surface area contributed by atoms with E-state index in [1.54, 1.807) is 49.4 Å². The van der Waals surface area contributed by atoms with Crippen LogP contribution in [0.25, 0.3) is 0 Å². The number of para-hydroxylation sites is 2. The van der Waals surface area contributed by atoms with Crippen LogP contribution in [0, 0.1) is 28.9 Å². The Labute approximate surface area is 211 Å². The number of aliphatic carboxylic acids is 1. The van der Waals surface area contributed by atoms with Crippen LogP contribution >= 0.6 is 0 Å². The molecule has 0 aromatic heterocycles. The molecule has 2 aliphatic rings. The van der Waals surface area contributed by atoms with Crippen molar-refractivity contribution in [2.75, 3.05) is 4.90 Å². The number of amides is 2. The summed E-state index contributed by atoms with van der Waals surface area (Å²) in [4.78, 5) is 52.3. The Bertz CT molecular complexity index is 1440. The van der Waals surface area contributed by atoms with E-state index >= 15 is 0 Å². The zero-order valence-corrected chi connectivity index (χ0v) is 19.7. The first-order chi connectivity index (χ1) is 17.7. The van der Waals surface area contributed by atoms with Gasteiger partial charge in [-0.05, 0) is 30.2 Å². The molecule has 2 fully saturated rings. The molecule has 3 aromatic rings. The number of phenols is 1. The number of carbonyl (C=O) groups excluding carboxylic acids is 2. The third-order valence-electron chi connectivity index (χ3n) is 7.29. The van der Waals surface area contributed by atoms with Crippen molar-refractivity contribution in [1.29, 1.82) is 0 Å². The van der Waals surface area contributed by atoms with Gasteiger partial charge in [0.15, 0.2) is 0 Å². The molecule has 5 rings (SSSR count). The molecule has 0 radical (unpaired) electrons. The summed E-state index contributed by atoms with van der Waals surface area (Å²) in [6, 6.07) is 17.6. The van der Waals surface area contributed by atoms with Crippen molar-refractivity contribution in [3.05, 3.63) is 99.6 Å². The molecule has 4 unspecified atom stereocenters. The Morgan fingerprint density at radius 1 is 1.03 bits per heavy atom. The number of benzene rings is 3. The van der Waals surface area contributed by atoms with E-state index in [0.29, 0.717) is 22.4 Å². The molecule has 3 aromatic carbocycles. The van der Waals surface area contributed by atoms with Crippen molar-refractivity contribution >= 4 is 29.2 Å². The molecule has 188 valence electrons. The van der Waals surface area contributed by atoms with Crippen LogP contribution in [0.15, 0.2) is 72.8 Å². The van der Waals surface area contributed by atoms with E-state index in [0.717, 1.165) is 4.90 Å². The molecule has 0 bridgehead atoms. The largest absolute Gasteiger partial charge is 0.508 e. The first kappa shape index (κ1) is 24.1. The molecule has 2 heterocycles. The highest BCUT2D eigenvalue weighted by Gasteiger charge is 2.69. The van der Waals surface area contributed by atoms with E-state index in [9.17, 15) is 34.7 Å². The summed E-state index contributed by atoms with van der Waals surface area (Å²) in [7, 11) is 0. The van der Waals surface area contributed by atoms with Gasteiger partial charge in [-0.25, -0.2) is 4.90 Å². The second kappa shape index (κ2) is 8.82. The van der Waals surface area contributed by atoms with Crippen LogP contribution < -0.4 is 10.2 Å². The third-order valence-corrected chi connectivity index (χ3v) is 7.29. The van der Waals surface area contributed by atoms with Gasteiger partial charge in [-0.2, -0.15) is 0 Å². The fourth-order valence-corrected chi connectivity index (χ4v) is 5.56. The van der Waals surface area contributed by atoms with Crippen molar-refractivity contribution in [1.82, 2.24) is 5.32 Å². The zero-order valence-electron chi connectivity index (χ0n) is 19.7. The first-order valence-corrected chi connectivity index (χ1v) is 11.6. The summed E-state index contributed by atoms with van der Waals surface area (Å²) in [6.07, 6.45) is -0.216. The average Bonchev–Trinajstić information content (AvgIpc) is 3.34. The number of non-ortho nitro benzene ring substituents is 1. The number of fused-ring (bicyclic) bond motifs is 1. The topological polar surface area (TPSA) is 150 Å². The second-order valence-electron chi connectivity index (χ2n) is 9.36. The summed E-state index contributed by atoms with van der Waals surface area (Å²) in [6.45, 7) is 1.75. The number of phenolic OH excluding ortho intramolecular Hbond substituents is 1. The number of hydrogen-bond acceptors (Lipinski definition) is 7. The number of nitro groups is 1. The molecule has 4 atom stereocenters. The maximum absolute atomic E-state index is 13.9. The Morgan fingerprint density at radius 3 is 2.30 bits per heavy atom. The van der Waals surface area contributed by atoms with E-state index in [1.165, 1.54) is 30.3 Å². The van der Waals surface area contributed by atoms with Gasteiger partial charge in [0.1, 0.15) is 11.3 Å². The minimum Gasteiger partial charge on any atom is -0.508 e. The lowest BCUT2D eigenvalue weighted by Gasteiger charge is -2.31. The Balaban J connectivity index is 1.66. The molecule has 0 saturated carbocycles. The lowest BCUT2D eigenvalue weighted by atomic mass is 9.76. The SMILES string of the molecule is Cc1ccccc1N1C(=O)C2C(c3ccccc3O)NC(Cc3ccc([N+](=O)[O-])cc3)(C(=O)O)C2C1=O. The standard InChI is InChI=1S/C27H23N3O7/c1-15-6-2-4-8-19(15)29-24(32)21-22(25(29)33)27(26(34)35,14-16-10-12-17(13-11-16)30(36)37)28-23(21)18-7-3-5-9-20(18)31/h2-13,21-23,28,31H,14H2,1H3,(H,34,35). The van der Waals surface area contributed by atoms with Crippen LogP contribution in [0.1, 0.15) is 22.7 Å². The number of nitrogens with one attached hydrogen (secondary N) is 1. The highest BCUT2D eigenvalue weighted by Crippen LogP contribution is 2.52. The number of carboxylic acids is 1. The van der Waals surface area contributed by atoms with Gasteiger partial charge in [-0.15, -0.1) is 0 Å². The zero-order chi connectivity index (χ0) is 26.5. The minimum absolute atomic E-state index is 0.134. The van der Waals surface area contributed by atoms with Gasteiger partial charge in [-0.1, -0.05) is 48.5 Å². The lowest BCUT2D eigenvalue weighted by Crippen LogP contribution is -2.57. The number of carbonyl (C=O) groups is 3. The summed E-state index contributed by atoms with van der Waals surface area (Å²) >= 11 is 0. The van der Waals surface area contributed by atoms with Gasteiger partial charge in [-0.3, -0.25) is 29.8 Å². The normalized spacial score (nSPS) is 24.8. The van der Waals surface area contributed by atoms with Crippen LogP contribution in [0.5, 0.6) is 5.75 Å². The van der Waals surface area contributed by atoms with Crippen LogP contribution in [-0.2, 0) is 20.8 Å². The molecule has 0 spiro atoms. The van der Waals surface area contributed by atoms with E-state index in [4.69, 9.17) is 0 Å². The summed E-state index contributed by atoms with van der Waals surface area (Å²) in [5.41, 5.74) is -0.290. The summed E-state index contributed by atoms with van der Waals surface area (Å²) in [5, 5.41) is 35.2. The molecule has 37 heavy (non-hydrogen) atoms. The van der Waals surface area contributed by atoms with E-state index in [-0.39, 0.29) is 17.9 Å². The average molecular weight is 501 g/mol. The molecule has 3 N–H and O–H groups in total.